The fourth-order valence-corrected chi connectivity index (χ4v) is 3.49. The number of benzene rings is 1. The molecule has 1 aromatic heterocycles. The fraction of sp³-hybridized carbons (Fsp3) is 0.286. The van der Waals surface area contributed by atoms with Crippen LogP contribution >= 0.6 is 23.1 Å². The maximum Gasteiger partial charge on any atom is 0.136 e. The van der Waals surface area contributed by atoms with E-state index in [9.17, 15) is 4.39 Å². The van der Waals surface area contributed by atoms with E-state index in [-0.39, 0.29) is 11.9 Å². The van der Waals surface area contributed by atoms with E-state index >= 15 is 0 Å². The van der Waals surface area contributed by atoms with Gasteiger partial charge in [0, 0.05) is 21.6 Å². The molecule has 0 aliphatic carbocycles. The first-order valence-electron chi connectivity index (χ1n) is 6.15. The predicted molar refractivity (Wildman–Crippen MR) is 80.9 cm³/mol. The van der Waals surface area contributed by atoms with Gasteiger partial charge in [-0.2, -0.15) is 0 Å². The first-order valence-corrected chi connectivity index (χ1v) is 8.02. The van der Waals surface area contributed by atoms with Crippen LogP contribution in [-0.2, 0) is 6.42 Å². The Balaban J connectivity index is 1.81. The minimum absolute atomic E-state index is 0.165. The molecule has 0 aliphatic heterocycles. The Kier molecular flexibility index (Phi) is 5.85. The summed E-state index contributed by atoms with van der Waals surface area (Å²) in [5.41, 5.74) is 2.82. The Labute approximate surface area is 121 Å². The Hall–Kier alpha value is -0.880. The molecule has 0 spiro atoms. The third kappa shape index (κ3) is 4.62. The van der Waals surface area contributed by atoms with Gasteiger partial charge in [-0.3, -0.25) is 11.3 Å². The molecule has 1 heterocycles. The second-order valence-electron chi connectivity index (χ2n) is 4.22. The highest BCUT2D eigenvalue weighted by atomic mass is 32.2. The molecule has 2 rings (SSSR count). The molecule has 0 saturated heterocycles. The standard InChI is InChI=1S/C14H17FN2S2/c15-13-5-1-2-6-14(13)19-10-11(17-16)7-8-12-4-3-9-18-12/h1-6,9,11,17H,7-8,10,16H2. The van der Waals surface area contributed by atoms with Crippen LogP contribution in [0.5, 0.6) is 0 Å². The lowest BCUT2D eigenvalue weighted by atomic mass is 10.2. The van der Waals surface area contributed by atoms with E-state index in [1.807, 2.05) is 6.07 Å². The van der Waals surface area contributed by atoms with Crippen molar-refractivity contribution in [3.8, 4) is 0 Å². The molecule has 0 bridgehead atoms. The SMILES string of the molecule is NNC(CCc1cccs1)CSc1ccccc1F. The third-order valence-corrected chi connectivity index (χ3v) is 4.98. The van der Waals surface area contributed by atoms with Crippen molar-refractivity contribution in [3.63, 3.8) is 0 Å². The van der Waals surface area contributed by atoms with Crippen LogP contribution in [0.2, 0.25) is 0 Å². The van der Waals surface area contributed by atoms with Gasteiger partial charge in [-0.25, -0.2) is 4.39 Å². The van der Waals surface area contributed by atoms with Gasteiger partial charge in [0.25, 0.3) is 0 Å². The van der Waals surface area contributed by atoms with Crippen molar-refractivity contribution in [2.24, 2.45) is 5.84 Å². The zero-order valence-corrected chi connectivity index (χ0v) is 12.1. The van der Waals surface area contributed by atoms with Crippen LogP contribution in [0.3, 0.4) is 0 Å². The molecule has 0 amide bonds. The Morgan fingerprint density at radius 1 is 1.26 bits per heavy atom. The molecule has 2 nitrogen and oxygen atoms in total. The van der Waals surface area contributed by atoms with Gasteiger partial charge >= 0.3 is 0 Å². The fourth-order valence-electron chi connectivity index (χ4n) is 1.74. The van der Waals surface area contributed by atoms with Crippen LogP contribution in [0.1, 0.15) is 11.3 Å². The van der Waals surface area contributed by atoms with Gasteiger partial charge in [-0.05, 0) is 36.4 Å². The summed E-state index contributed by atoms with van der Waals surface area (Å²) >= 11 is 3.26. The van der Waals surface area contributed by atoms with E-state index in [0.717, 1.165) is 18.6 Å². The summed E-state index contributed by atoms with van der Waals surface area (Å²) in [6.07, 6.45) is 1.96. The van der Waals surface area contributed by atoms with Crippen molar-refractivity contribution >= 4 is 23.1 Å². The third-order valence-electron chi connectivity index (χ3n) is 2.83. The number of hydrogen-bond donors (Lipinski definition) is 2. The van der Waals surface area contributed by atoms with Gasteiger partial charge < -0.3 is 0 Å². The highest BCUT2D eigenvalue weighted by Crippen LogP contribution is 2.23. The summed E-state index contributed by atoms with van der Waals surface area (Å²) in [4.78, 5) is 2.04. The van der Waals surface area contributed by atoms with Crippen molar-refractivity contribution in [1.82, 2.24) is 5.43 Å². The highest BCUT2D eigenvalue weighted by molar-refractivity contribution is 7.99. The van der Waals surface area contributed by atoms with Crippen molar-refractivity contribution < 1.29 is 4.39 Å². The van der Waals surface area contributed by atoms with Crippen LogP contribution in [0, 0.1) is 5.82 Å². The van der Waals surface area contributed by atoms with Crippen LogP contribution in [0.15, 0.2) is 46.7 Å². The van der Waals surface area contributed by atoms with Gasteiger partial charge in [0.15, 0.2) is 0 Å². The summed E-state index contributed by atoms with van der Waals surface area (Å²) in [5, 5.41) is 2.08. The molecule has 1 unspecified atom stereocenters. The first kappa shape index (κ1) is 14.5. The van der Waals surface area contributed by atoms with Crippen molar-refractivity contribution in [2.45, 2.75) is 23.8 Å². The molecule has 3 N–H and O–H groups in total. The van der Waals surface area contributed by atoms with E-state index in [0.29, 0.717) is 4.90 Å². The lowest BCUT2D eigenvalue weighted by Gasteiger charge is -2.15. The predicted octanol–water partition coefficient (Wildman–Crippen LogP) is 3.44. The molecule has 2 aromatic rings. The number of thioether (sulfide) groups is 1. The molecule has 19 heavy (non-hydrogen) atoms. The maximum atomic E-state index is 13.5. The van der Waals surface area contributed by atoms with Crippen molar-refractivity contribution in [3.05, 3.63) is 52.5 Å². The van der Waals surface area contributed by atoms with Gasteiger partial charge in [-0.1, -0.05) is 18.2 Å². The Morgan fingerprint density at radius 2 is 2.11 bits per heavy atom. The molecule has 0 aliphatic rings. The highest BCUT2D eigenvalue weighted by Gasteiger charge is 2.10. The van der Waals surface area contributed by atoms with Gasteiger partial charge in [0.2, 0.25) is 0 Å². The van der Waals surface area contributed by atoms with Gasteiger partial charge in [-0.15, -0.1) is 23.1 Å². The van der Waals surface area contributed by atoms with Gasteiger partial charge in [0.05, 0.1) is 0 Å². The molecule has 1 atom stereocenters. The number of thiophene rings is 1. The smallest absolute Gasteiger partial charge is 0.136 e. The average Bonchev–Trinajstić information content (AvgIpc) is 2.94. The van der Waals surface area contributed by atoms with Crippen molar-refractivity contribution in [2.75, 3.05) is 5.75 Å². The Bertz CT molecular complexity index is 488. The molecule has 0 radical (unpaired) electrons. The van der Waals surface area contributed by atoms with Crippen LogP contribution in [0.25, 0.3) is 0 Å². The van der Waals surface area contributed by atoms with E-state index in [1.165, 1.54) is 22.7 Å². The monoisotopic (exact) mass is 296 g/mol. The van der Waals surface area contributed by atoms with Crippen molar-refractivity contribution in [1.29, 1.82) is 0 Å². The van der Waals surface area contributed by atoms with E-state index in [2.05, 4.69) is 22.9 Å². The Morgan fingerprint density at radius 3 is 2.79 bits per heavy atom. The lowest BCUT2D eigenvalue weighted by Crippen LogP contribution is -2.37. The first-order chi connectivity index (χ1) is 9.29. The number of halogens is 1. The molecule has 0 fully saturated rings. The second kappa shape index (κ2) is 7.65. The zero-order valence-electron chi connectivity index (χ0n) is 10.5. The summed E-state index contributed by atoms with van der Waals surface area (Å²) in [7, 11) is 0. The van der Waals surface area contributed by atoms with E-state index in [4.69, 9.17) is 5.84 Å². The average molecular weight is 296 g/mol. The number of nitrogens with one attached hydrogen (secondary N) is 1. The van der Waals surface area contributed by atoms with E-state index < -0.39 is 0 Å². The summed E-state index contributed by atoms with van der Waals surface area (Å²) < 4.78 is 13.5. The summed E-state index contributed by atoms with van der Waals surface area (Å²) in [6, 6.07) is 11.2. The number of nitrogens with two attached hydrogens (primary N) is 1. The number of aryl methyl sites for hydroxylation is 1. The zero-order chi connectivity index (χ0) is 13.5. The van der Waals surface area contributed by atoms with E-state index in [1.54, 1.807) is 23.5 Å². The van der Waals surface area contributed by atoms with Crippen LogP contribution in [0.4, 0.5) is 4.39 Å². The normalized spacial score (nSPS) is 12.5. The summed E-state index contributed by atoms with van der Waals surface area (Å²) in [6.45, 7) is 0. The minimum atomic E-state index is -0.165. The second-order valence-corrected chi connectivity index (χ2v) is 6.32. The number of hydrazine groups is 1. The molecule has 0 saturated carbocycles. The minimum Gasteiger partial charge on any atom is -0.271 e. The molecule has 1 aromatic carbocycles. The lowest BCUT2D eigenvalue weighted by molar-refractivity contribution is 0.540. The molecular weight excluding hydrogens is 279 g/mol. The molecular formula is C14H17FN2S2. The molecule has 5 heteroatoms. The maximum absolute atomic E-state index is 13.5. The van der Waals surface area contributed by atoms with Crippen LogP contribution in [-0.4, -0.2) is 11.8 Å². The number of hydrogen-bond acceptors (Lipinski definition) is 4. The van der Waals surface area contributed by atoms with Gasteiger partial charge in [0.1, 0.15) is 5.82 Å². The van der Waals surface area contributed by atoms with Crippen LogP contribution < -0.4 is 11.3 Å². The molecule has 102 valence electrons. The quantitative estimate of drug-likeness (QED) is 0.467. The number of rotatable bonds is 7. The summed E-state index contributed by atoms with van der Waals surface area (Å²) in [5.74, 6) is 6.16. The topological polar surface area (TPSA) is 38.0 Å². The largest absolute Gasteiger partial charge is 0.271 e.